The van der Waals surface area contributed by atoms with Crippen molar-refractivity contribution in [1.29, 1.82) is 0 Å². The highest BCUT2D eigenvalue weighted by molar-refractivity contribution is 6.05. The third-order valence-corrected chi connectivity index (χ3v) is 9.28. The van der Waals surface area contributed by atoms with Gasteiger partial charge in [0.25, 0.3) is 11.5 Å². The smallest absolute Gasteiger partial charge is 0.259 e. The number of methoxy groups -OCH3 is 3. The molecule has 3 aliphatic rings. The van der Waals surface area contributed by atoms with E-state index in [-0.39, 0.29) is 29.9 Å². The van der Waals surface area contributed by atoms with Crippen LogP contribution in [0.25, 0.3) is 21.9 Å². The van der Waals surface area contributed by atoms with E-state index in [1.165, 1.54) is 22.8 Å². The molecule has 2 aromatic carbocycles. The monoisotopic (exact) mass is 653 g/mol. The minimum atomic E-state index is -0.656. The molecule has 13 heteroatoms. The number of rotatable bonds is 9. The number of nitrogens with zero attached hydrogens (tertiary/aromatic N) is 4. The average molecular weight is 654 g/mol. The number of piperidine rings is 1. The molecule has 1 N–H and O–H groups in total. The van der Waals surface area contributed by atoms with Crippen LogP contribution >= 0.6 is 0 Å². The largest absolute Gasteiger partial charge is 0.496 e. The van der Waals surface area contributed by atoms with Crippen molar-refractivity contribution in [3.05, 3.63) is 75.8 Å². The molecule has 3 aliphatic heterocycles. The number of aromatic nitrogens is 2. The molecule has 2 aromatic heterocycles. The fourth-order valence-electron chi connectivity index (χ4n) is 6.73. The minimum Gasteiger partial charge on any atom is -0.496 e. The first kappa shape index (κ1) is 31.2. The second-order valence-corrected chi connectivity index (χ2v) is 12.2. The molecule has 2 fully saturated rings. The Balaban J connectivity index is 1.05. The zero-order valence-electron chi connectivity index (χ0n) is 27.1. The average Bonchev–Trinajstić information content (AvgIpc) is 3.39. The van der Waals surface area contributed by atoms with E-state index < -0.39 is 11.9 Å². The maximum absolute atomic E-state index is 13.2. The molecule has 5 heterocycles. The van der Waals surface area contributed by atoms with Crippen LogP contribution in [0.1, 0.15) is 34.3 Å². The second kappa shape index (κ2) is 12.3. The van der Waals surface area contributed by atoms with E-state index in [2.05, 4.69) is 15.2 Å². The topological polar surface area (TPSA) is 142 Å². The number of carbonyl (C=O) groups is 3. The Morgan fingerprint density at radius 1 is 0.917 bits per heavy atom. The molecular formula is C35H35N5O8. The number of ether oxygens (including phenoxy) is 4. The van der Waals surface area contributed by atoms with Crippen LogP contribution in [0.2, 0.25) is 0 Å². The molecule has 1 atom stereocenters. The number of nitrogens with one attached hydrogen (secondary N) is 1. The Labute approximate surface area is 276 Å². The summed E-state index contributed by atoms with van der Waals surface area (Å²) in [6.45, 7) is 2.19. The highest BCUT2D eigenvalue weighted by atomic mass is 16.5. The van der Waals surface area contributed by atoms with Crippen molar-refractivity contribution >= 4 is 28.5 Å². The first-order valence-corrected chi connectivity index (χ1v) is 15.6. The third kappa shape index (κ3) is 5.49. The lowest BCUT2D eigenvalue weighted by Crippen LogP contribution is -2.53. The summed E-state index contributed by atoms with van der Waals surface area (Å²) in [5.74, 6) is 1.32. The summed E-state index contributed by atoms with van der Waals surface area (Å²) in [6.07, 6.45) is 3.77. The van der Waals surface area contributed by atoms with E-state index >= 15 is 0 Å². The van der Waals surface area contributed by atoms with Crippen LogP contribution in [0.5, 0.6) is 23.1 Å². The molecule has 0 spiro atoms. The quantitative estimate of drug-likeness (QED) is 0.268. The first-order valence-electron chi connectivity index (χ1n) is 15.6. The molecule has 1 unspecified atom stereocenters. The minimum absolute atomic E-state index is 0.0809. The van der Waals surface area contributed by atoms with Gasteiger partial charge in [-0.05, 0) is 41.8 Å². The van der Waals surface area contributed by atoms with Crippen LogP contribution in [0.4, 0.5) is 0 Å². The van der Waals surface area contributed by atoms with Crippen LogP contribution in [0.15, 0.2) is 53.6 Å². The second-order valence-electron chi connectivity index (χ2n) is 12.2. The highest BCUT2D eigenvalue weighted by Gasteiger charge is 2.39. The lowest BCUT2D eigenvalue weighted by molar-refractivity contribution is -0.136. The summed E-state index contributed by atoms with van der Waals surface area (Å²) < 4.78 is 24.8. The molecule has 248 valence electrons. The van der Waals surface area contributed by atoms with Gasteiger partial charge in [0.05, 0.1) is 32.3 Å². The van der Waals surface area contributed by atoms with E-state index in [0.717, 1.165) is 22.3 Å². The van der Waals surface area contributed by atoms with Gasteiger partial charge < -0.3 is 28.4 Å². The van der Waals surface area contributed by atoms with Crippen molar-refractivity contribution in [2.75, 3.05) is 34.4 Å². The van der Waals surface area contributed by atoms with Gasteiger partial charge in [0.2, 0.25) is 17.7 Å². The number of carbonyl (C=O) groups excluding carboxylic acids is 3. The molecular weight excluding hydrogens is 618 g/mol. The zero-order chi connectivity index (χ0) is 33.7. The van der Waals surface area contributed by atoms with Crippen molar-refractivity contribution in [2.45, 2.75) is 38.1 Å². The molecule has 3 amide bonds. The maximum atomic E-state index is 13.2. The SMILES string of the molecule is COc1cc2c(-c3cc(OC)c(CN4CC(Oc5ccc6c(c5)C(=O)N(C5CCC(=O)NC5=O)C6)C4)c(OC)c3)cn(C)c(=O)c2cn1. The normalized spacial score (nSPS) is 18.0. The summed E-state index contributed by atoms with van der Waals surface area (Å²) in [7, 11) is 6.48. The third-order valence-electron chi connectivity index (χ3n) is 9.28. The lowest BCUT2D eigenvalue weighted by Gasteiger charge is -2.39. The van der Waals surface area contributed by atoms with Crippen LogP contribution in [0, 0.1) is 0 Å². The molecule has 7 rings (SSSR count). The number of fused-ring (bicyclic) bond motifs is 2. The van der Waals surface area contributed by atoms with Gasteiger partial charge in [-0.1, -0.05) is 6.07 Å². The number of pyridine rings is 2. The Morgan fingerprint density at radius 3 is 2.35 bits per heavy atom. The van der Waals surface area contributed by atoms with E-state index in [0.29, 0.717) is 72.1 Å². The summed E-state index contributed by atoms with van der Waals surface area (Å²) in [5, 5.41) is 3.52. The predicted octanol–water partition coefficient (Wildman–Crippen LogP) is 2.65. The highest BCUT2D eigenvalue weighted by Crippen LogP contribution is 2.39. The van der Waals surface area contributed by atoms with Gasteiger partial charge >= 0.3 is 0 Å². The number of hydrogen-bond donors (Lipinski definition) is 1. The number of hydrogen-bond acceptors (Lipinski definition) is 10. The molecule has 48 heavy (non-hydrogen) atoms. The van der Waals surface area contributed by atoms with Crippen molar-refractivity contribution in [3.8, 4) is 34.3 Å². The van der Waals surface area contributed by atoms with Gasteiger partial charge in [-0.3, -0.25) is 29.4 Å². The molecule has 0 aliphatic carbocycles. The van der Waals surface area contributed by atoms with E-state index in [4.69, 9.17) is 18.9 Å². The molecule has 2 saturated heterocycles. The van der Waals surface area contributed by atoms with Crippen LogP contribution in [-0.2, 0) is 29.7 Å². The standard InChI is InChI=1S/C35H35N5O8/c1-38-17-26(24-12-32(47-4)36-13-25(24)34(38)43)20-9-29(45-2)27(30(10-20)46-3)18-39-15-22(16-39)48-21-6-5-19-14-40(35(44)23(19)11-21)28-7-8-31(41)37-33(28)42/h5-6,9-13,17,22,28H,7-8,14-16,18H2,1-4H3,(H,37,41,42). The summed E-state index contributed by atoms with van der Waals surface area (Å²) in [5.41, 5.74) is 3.69. The predicted molar refractivity (Wildman–Crippen MR) is 174 cm³/mol. The van der Waals surface area contributed by atoms with E-state index in [9.17, 15) is 19.2 Å². The fourth-order valence-corrected chi connectivity index (χ4v) is 6.73. The molecule has 0 saturated carbocycles. The van der Waals surface area contributed by atoms with Crippen molar-refractivity contribution < 1.29 is 33.3 Å². The fraction of sp³-hybridized carbons (Fsp3) is 0.343. The van der Waals surface area contributed by atoms with Crippen LogP contribution < -0.4 is 29.8 Å². The van der Waals surface area contributed by atoms with Gasteiger partial charge in [0, 0.05) is 74.6 Å². The molecule has 13 nitrogen and oxygen atoms in total. The van der Waals surface area contributed by atoms with Crippen LogP contribution in [0.3, 0.4) is 0 Å². The van der Waals surface area contributed by atoms with Crippen LogP contribution in [-0.4, -0.2) is 83.6 Å². The van der Waals surface area contributed by atoms with E-state index in [1.54, 1.807) is 39.6 Å². The van der Waals surface area contributed by atoms with Gasteiger partial charge in [0.15, 0.2) is 0 Å². The van der Waals surface area contributed by atoms with Crippen molar-refractivity contribution in [1.82, 2.24) is 24.7 Å². The summed E-state index contributed by atoms with van der Waals surface area (Å²) in [4.78, 5) is 58.0. The van der Waals surface area contributed by atoms with Gasteiger partial charge in [-0.15, -0.1) is 0 Å². The lowest BCUT2D eigenvalue weighted by atomic mass is 9.98. The zero-order valence-corrected chi connectivity index (χ0v) is 27.1. The summed E-state index contributed by atoms with van der Waals surface area (Å²) in [6, 6.07) is 10.4. The number of benzene rings is 2. The number of aryl methyl sites for hydroxylation is 1. The summed E-state index contributed by atoms with van der Waals surface area (Å²) >= 11 is 0. The number of amides is 3. The molecule has 0 radical (unpaired) electrons. The van der Waals surface area contributed by atoms with Gasteiger partial charge in [-0.2, -0.15) is 0 Å². The molecule has 0 bridgehead atoms. The van der Waals surface area contributed by atoms with E-state index in [1.807, 2.05) is 24.3 Å². The number of imide groups is 1. The number of likely N-dealkylation sites (tertiary alicyclic amines) is 1. The maximum Gasteiger partial charge on any atom is 0.259 e. The Hall–Kier alpha value is -5.43. The first-order chi connectivity index (χ1) is 23.2. The van der Waals surface area contributed by atoms with Crippen molar-refractivity contribution in [3.63, 3.8) is 0 Å². The Kier molecular flexibility index (Phi) is 7.99. The Morgan fingerprint density at radius 2 is 1.67 bits per heavy atom. The molecule has 4 aromatic rings. The Bertz CT molecular complexity index is 2010. The van der Waals surface area contributed by atoms with Gasteiger partial charge in [0.1, 0.15) is 29.4 Å². The van der Waals surface area contributed by atoms with Gasteiger partial charge in [-0.25, -0.2) is 4.98 Å². The van der Waals surface area contributed by atoms with Crippen molar-refractivity contribution in [2.24, 2.45) is 7.05 Å².